The highest BCUT2D eigenvalue weighted by molar-refractivity contribution is 6.19. The van der Waals surface area contributed by atoms with Crippen molar-refractivity contribution in [3.63, 3.8) is 0 Å². The molecule has 0 amide bonds. The minimum absolute atomic E-state index is 0.408. The first-order chi connectivity index (χ1) is 32.2. The molecule has 2 aromatic heterocycles. The molecule has 5 unspecified atom stereocenters. The van der Waals surface area contributed by atoms with Crippen molar-refractivity contribution < 1.29 is 4.42 Å². The molecule has 1 saturated carbocycles. The smallest absolute Gasteiger partial charge is 0.145 e. The number of benzene rings is 4. The number of aromatic nitrogens is 1. The standard InChI is InChI=1S/C62H56N2O/c1-2-47(17-12-15-40-13-4-3-5-14-40)63(61-52-34-29-44(39-56(52)61)43-23-24-46-37-45-16-6-7-18-50(45)55(46)38-43)48-30-25-41(26-31-48)42-27-32-49(33-28-42)64-57-21-10-8-20-54(57)60-58(64)36-35-53-51-19-9-11-22-59(51)65-62(53)60/h2-8,10-13,15-18,20-25,27,30,35-36,38-40,49,52,56,61H,1,9,14,19,26,28-29,31-34,37H2/b15-12+,47-17+. The van der Waals surface area contributed by atoms with Crippen LogP contribution in [0.25, 0.3) is 55.6 Å². The highest BCUT2D eigenvalue weighted by atomic mass is 16.3. The number of hydrogen-bond donors (Lipinski definition) is 0. The summed E-state index contributed by atoms with van der Waals surface area (Å²) in [5.74, 6) is 2.68. The molecule has 7 aliphatic carbocycles. The molecule has 3 heteroatoms. The summed E-state index contributed by atoms with van der Waals surface area (Å²) in [6.45, 7) is 4.42. The molecular weight excluding hydrogens is 789 g/mol. The number of rotatable bonds is 9. The summed E-state index contributed by atoms with van der Waals surface area (Å²) in [7, 11) is 0. The van der Waals surface area contributed by atoms with Crippen molar-refractivity contribution in [3.8, 4) is 11.1 Å². The molecule has 2 heterocycles. The van der Waals surface area contributed by atoms with Crippen LogP contribution in [0.1, 0.15) is 91.8 Å². The molecule has 0 N–H and O–H groups in total. The number of para-hydroxylation sites is 1. The van der Waals surface area contributed by atoms with Gasteiger partial charge in [-0.3, -0.25) is 0 Å². The molecule has 6 aromatic rings. The van der Waals surface area contributed by atoms with Crippen LogP contribution >= 0.6 is 0 Å². The molecule has 0 spiro atoms. The number of allylic oxidation sites excluding steroid dienone is 16. The quantitative estimate of drug-likeness (QED) is 0.135. The molecule has 7 aliphatic rings. The summed E-state index contributed by atoms with van der Waals surface area (Å²) in [6, 6.07) is 30.8. The van der Waals surface area contributed by atoms with Gasteiger partial charge in [-0.15, -0.1) is 0 Å². The molecule has 5 atom stereocenters. The van der Waals surface area contributed by atoms with Crippen molar-refractivity contribution >= 4 is 44.4 Å². The molecule has 4 aromatic carbocycles. The number of furan rings is 1. The molecule has 13 rings (SSSR count). The van der Waals surface area contributed by atoms with E-state index in [-0.39, 0.29) is 0 Å². The SMILES string of the molecule is C=C/C(=C\C=C\C1C=CC=CC1)N(C1=CC=C(C2=CCC(n3c4ccccc4c4c5oc6c(c5ccc43)CCC=C6)CC2)CC1)C1C2C=C(c3ccc4c(c3)-c3ccccc3C4)CCC21. The molecule has 3 nitrogen and oxygen atoms in total. The van der Waals surface area contributed by atoms with E-state index in [0.717, 1.165) is 75.6 Å². The van der Waals surface area contributed by atoms with E-state index >= 15 is 0 Å². The van der Waals surface area contributed by atoms with E-state index in [1.807, 2.05) is 0 Å². The number of fused-ring (bicyclic) bond motifs is 11. The maximum Gasteiger partial charge on any atom is 0.145 e. The van der Waals surface area contributed by atoms with Gasteiger partial charge in [0.25, 0.3) is 0 Å². The molecule has 0 bridgehead atoms. The third kappa shape index (κ3) is 6.60. The predicted octanol–water partition coefficient (Wildman–Crippen LogP) is 15.9. The lowest BCUT2D eigenvalue weighted by Gasteiger charge is -2.32. The highest BCUT2D eigenvalue weighted by Crippen LogP contribution is 2.56. The van der Waals surface area contributed by atoms with E-state index in [4.69, 9.17) is 4.42 Å². The number of aryl methyl sites for hydroxylation is 1. The van der Waals surface area contributed by atoms with Crippen molar-refractivity contribution in [1.82, 2.24) is 9.47 Å². The van der Waals surface area contributed by atoms with E-state index < -0.39 is 0 Å². The Hall–Kier alpha value is -6.58. The predicted molar refractivity (Wildman–Crippen MR) is 271 cm³/mol. The Labute approximate surface area is 383 Å². The van der Waals surface area contributed by atoms with Crippen molar-refractivity contribution in [2.45, 2.75) is 82.7 Å². The summed E-state index contributed by atoms with van der Waals surface area (Å²) in [4.78, 5) is 2.70. The van der Waals surface area contributed by atoms with Gasteiger partial charge in [0.05, 0.1) is 10.9 Å². The zero-order valence-electron chi connectivity index (χ0n) is 37.3. The Balaban J connectivity index is 0.792. The van der Waals surface area contributed by atoms with Crippen molar-refractivity contribution in [3.05, 3.63) is 215 Å². The van der Waals surface area contributed by atoms with Crippen LogP contribution in [0.4, 0.5) is 0 Å². The Morgan fingerprint density at radius 1 is 0.769 bits per heavy atom. The van der Waals surface area contributed by atoms with E-state index in [2.05, 4.69) is 180 Å². The molecule has 0 radical (unpaired) electrons. The van der Waals surface area contributed by atoms with Gasteiger partial charge in [0, 0.05) is 51.2 Å². The lowest BCUT2D eigenvalue weighted by Crippen LogP contribution is -2.27. The lowest BCUT2D eigenvalue weighted by molar-refractivity contribution is 0.382. The monoisotopic (exact) mass is 844 g/mol. The van der Waals surface area contributed by atoms with Gasteiger partial charge in [0.15, 0.2) is 0 Å². The number of nitrogens with zero attached hydrogens (tertiary/aromatic N) is 2. The van der Waals surface area contributed by atoms with Crippen LogP contribution in [0.15, 0.2) is 191 Å². The van der Waals surface area contributed by atoms with Crippen LogP contribution in [0.5, 0.6) is 0 Å². The first kappa shape index (κ1) is 38.8. The van der Waals surface area contributed by atoms with Crippen LogP contribution < -0.4 is 0 Å². The topological polar surface area (TPSA) is 21.3 Å². The average Bonchev–Trinajstić information content (AvgIpc) is 3.59. The second-order valence-corrected chi connectivity index (χ2v) is 19.5. The summed E-state index contributed by atoms with van der Waals surface area (Å²) < 4.78 is 9.28. The lowest BCUT2D eigenvalue weighted by atomic mass is 9.86. The van der Waals surface area contributed by atoms with Crippen LogP contribution in [-0.4, -0.2) is 15.5 Å². The molecular formula is C62H56N2O. The van der Waals surface area contributed by atoms with Gasteiger partial charge >= 0.3 is 0 Å². The first-order valence-corrected chi connectivity index (χ1v) is 24.5. The third-order valence-corrected chi connectivity index (χ3v) is 16.0. The molecule has 1 fully saturated rings. The third-order valence-electron chi connectivity index (χ3n) is 16.0. The van der Waals surface area contributed by atoms with Gasteiger partial charge in [-0.25, -0.2) is 0 Å². The summed E-state index contributed by atoms with van der Waals surface area (Å²) in [5, 5.41) is 3.86. The van der Waals surface area contributed by atoms with E-state index in [1.165, 1.54) is 89.5 Å². The molecule has 65 heavy (non-hydrogen) atoms. The summed E-state index contributed by atoms with van der Waals surface area (Å²) >= 11 is 0. The van der Waals surface area contributed by atoms with Crippen molar-refractivity contribution in [2.75, 3.05) is 0 Å². The van der Waals surface area contributed by atoms with Gasteiger partial charge in [0.1, 0.15) is 11.3 Å². The number of hydrogen-bond acceptors (Lipinski definition) is 2. The van der Waals surface area contributed by atoms with Gasteiger partial charge in [0.2, 0.25) is 0 Å². The van der Waals surface area contributed by atoms with Gasteiger partial charge in [-0.1, -0.05) is 122 Å². The first-order valence-electron chi connectivity index (χ1n) is 24.5. The second-order valence-electron chi connectivity index (χ2n) is 19.5. The maximum atomic E-state index is 6.64. The highest BCUT2D eigenvalue weighted by Gasteiger charge is 2.54. The Morgan fingerprint density at radius 3 is 2.55 bits per heavy atom. The Morgan fingerprint density at radius 2 is 1.68 bits per heavy atom. The van der Waals surface area contributed by atoms with E-state index in [1.54, 1.807) is 5.57 Å². The normalized spacial score (nSPS) is 24.4. The van der Waals surface area contributed by atoms with Gasteiger partial charge in [-0.2, -0.15) is 0 Å². The minimum atomic E-state index is 0.408. The fourth-order valence-electron chi connectivity index (χ4n) is 12.7. The minimum Gasteiger partial charge on any atom is -0.456 e. The van der Waals surface area contributed by atoms with Crippen LogP contribution in [0.2, 0.25) is 0 Å². The van der Waals surface area contributed by atoms with Gasteiger partial charge < -0.3 is 13.9 Å². The second kappa shape index (κ2) is 15.8. The van der Waals surface area contributed by atoms with E-state index in [0.29, 0.717) is 29.8 Å². The van der Waals surface area contributed by atoms with E-state index in [9.17, 15) is 0 Å². The molecule has 0 aliphatic heterocycles. The summed E-state index contributed by atoms with van der Waals surface area (Å²) in [6.07, 6.45) is 44.5. The fraction of sp³-hybridized carbons (Fsp3) is 0.258. The van der Waals surface area contributed by atoms with Crippen LogP contribution in [-0.2, 0) is 12.8 Å². The van der Waals surface area contributed by atoms with Crippen LogP contribution in [0.3, 0.4) is 0 Å². The average molecular weight is 845 g/mol. The van der Waals surface area contributed by atoms with Gasteiger partial charge in [-0.05, 0) is 176 Å². The molecule has 0 saturated heterocycles. The molecule has 320 valence electrons. The Kier molecular flexibility index (Phi) is 9.47. The zero-order valence-corrected chi connectivity index (χ0v) is 37.3. The maximum absolute atomic E-state index is 6.64. The fourth-order valence-corrected chi connectivity index (χ4v) is 12.7. The zero-order chi connectivity index (χ0) is 43.0. The van der Waals surface area contributed by atoms with Crippen molar-refractivity contribution in [1.29, 1.82) is 0 Å². The van der Waals surface area contributed by atoms with Crippen LogP contribution in [0, 0.1) is 17.8 Å². The van der Waals surface area contributed by atoms with Crippen molar-refractivity contribution in [2.24, 2.45) is 17.8 Å². The summed E-state index contributed by atoms with van der Waals surface area (Å²) in [5.41, 5.74) is 19.4. The Bertz CT molecular complexity index is 3250. The largest absolute Gasteiger partial charge is 0.456 e.